The minimum Gasteiger partial charge on any atom is -0.394 e. The third-order valence-corrected chi connectivity index (χ3v) is 11.0. The quantitative estimate of drug-likeness (QED) is 0.0261. The molecule has 0 aliphatic rings. The van der Waals surface area contributed by atoms with Gasteiger partial charge in [0.25, 0.3) is 5.91 Å². The highest BCUT2D eigenvalue weighted by Crippen LogP contribution is 2.21. The van der Waals surface area contributed by atoms with E-state index in [0.717, 1.165) is 86.2 Å². The highest BCUT2D eigenvalue weighted by Gasteiger charge is 2.31. The molecule has 3 aromatic carbocycles. The number of nitrogen functional groups attached to an aromatic ring is 1. The summed E-state index contributed by atoms with van der Waals surface area (Å²) in [5.41, 5.74) is 22.2. The van der Waals surface area contributed by atoms with Gasteiger partial charge in [-0.1, -0.05) is 86.3 Å². The van der Waals surface area contributed by atoms with Gasteiger partial charge in [0, 0.05) is 18.8 Å². The number of fused-ring (bicyclic) bond motifs is 1. The smallest absolute Gasteiger partial charge is 0.280 e. The lowest BCUT2D eigenvalue weighted by molar-refractivity contribution is -0.119. The van der Waals surface area contributed by atoms with Crippen LogP contribution in [0, 0.1) is 6.92 Å². The van der Waals surface area contributed by atoms with Crippen molar-refractivity contribution in [3.05, 3.63) is 93.9 Å². The highest BCUT2D eigenvalue weighted by atomic mass is 35.5. The van der Waals surface area contributed by atoms with Gasteiger partial charge in [-0.2, -0.15) is 0 Å². The largest absolute Gasteiger partial charge is 0.394 e. The molecular weight excluding hydrogens is 814 g/mol. The number of aliphatic hydroxyl groups excluding tert-OH is 5. The third-order valence-electron chi connectivity index (χ3n) is 10.7. The van der Waals surface area contributed by atoms with Gasteiger partial charge in [0.1, 0.15) is 18.3 Å². The average Bonchev–Trinajstić information content (AvgIpc) is 3.25. The van der Waals surface area contributed by atoms with E-state index in [0.29, 0.717) is 30.9 Å². The van der Waals surface area contributed by atoms with Crippen molar-refractivity contribution in [3.63, 3.8) is 0 Å². The normalized spacial score (nSPS) is 14.4. The van der Waals surface area contributed by atoms with Crippen LogP contribution in [-0.4, -0.2) is 121 Å². The number of carbonyl (C=O) groups is 2. The molecule has 17 heteroatoms. The third kappa shape index (κ3) is 15.8. The number of carbonyl (C=O) groups excluding carboxylic acids is 2. The summed E-state index contributed by atoms with van der Waals surface area (Å²) in [6.45, 7) is 4.96. The first-order valence-corrected chi connectivity index (χ1v) is 21.7. The molecule has 0 saturated heterocycles. The number of benzene rings is 3. The van der Waals surface area contributed by atoms with Crippen LogP contribution in [0.25, 0.3) is 10.8 Å². The zero-order valence-corrected chi connectivity index (χ0v) is 36.5. The number of hydrogen-bond acceptors (Lipinski definition) is 13. The summed E-state index contributed by atoms with van der Waals surface area (Å²) in [7, 11) is 0. The molecule has 13 N–H and O–H groups in total. The lowest BCUT2D eigenvalue weighted by atomic mass is 9.98. The second-order valence-electron chi connectivity index (χ2n) is 15.8. The fourth-order valence-electron chi connectivity index (χ4n) is 7.00. The van der Waals surface area contributed by atoms with E-state index >= 15 is 0 Å². The number of amides is 2. The van der Waals surface area contributed by atoms with E-state index in [1.807, 2.05) is 36.4 Å². The first kappa shape index (κ1) is 49.9. The molecule has 0 spiro atoms. The molecule has 0 unspecified atom stereocenters. The van der Waals surface area contributed by atoms with Crippen LogP contribution in [-0.2, 0) is 24.1 Å². The van der Waals surface area contributed by atoms with Gasteiger partial charge in [-0.05, 0) is 105 Å². The van der Waals surface area contributed by atoms with Crippen molar-refractivity contribution in [2.75, 3.05) is 43.8 Å². The number of nitrogens with two attached hydrogens (primary N) is 3. The number of unbranched alkanes of at least 4 members (excludes halogenated alkanes) is 4. The van der Waals surface area contributed by atoms with Gasteiger partial charge in [0.05, 0.1) is 24.4 Å². The summed E-state index contributed by atoms with van der Waals surface area (Å²) in [5.74, 6) is -1.01. The van der Waals surface area contributed by atoms with E-state index in [4.69, 9.17) is 33.9 Å². The first-order valence-electron chi connectivity index (χ1n) is 21.3. The molecule has 4 aromatic rings. The van der Waals surface area contributed by atoms with Gasteiger partial charge in [0.2, 0.25) is 5.91 Å². The molecule has 0 saturated carbocycles. The number of aliphatic imine (C=N–C) groups is 1. The lowest BCUT2D eigenvalue weighted by Gasteiger charge is -2.30. The number of guanidine groups is 1. The standard InChI is InChI=1S/C45H64ClN9O7/c1-3-4-5-8-21-55(26-36(57)39(59)40(60)37(58)27-56)22-9-11-29-14-18-34(19-15-29)52-43(61)35(47)25-31-13-17-32-23-30(12-16-33(32)24-31)10-6-7-20-50-45(49)54-44(62)38-42(48)51-28(2)41(46)53-38/h12-19,23-24,35-37,39-40,56-60H,3-11,20-22,25-27,47H2,1-2H3,(H2,48,51)(H,52,61)(H3,49,50,54,62)/t35-,36-,37+,39+,40+/m0/s1. The summed E-state index contributed by atoms with van der Waals surface area (Å²) >= 11 is 5.97. The predicted molar refractivity (Wildman–Crippen MR) is 244 cm³/mol. The zero-order valence-electron chi connectivity index (χ0n) is 35.7. The molecule has 0 aliphatic carbocycles. The molecule has 4 rings (SSSR count). The van der Waals surface area contributed by atoms with Crippen LogP contribution >= 0.6 is 11.6 Å². The Bertz CT molecular complexity index is 2070. The van der Waals surface area contributed by atoms with Gasteiger partial charge < -0.3 is 53.0 Å². The van der Waals surface area contributed by atoms with Crippen LogP contribution in [0.2, 0.25) is 5.15 Å². The Hall–Kier alpha value is -4.78. The number of nitrogens with zero attached hydrogens (tertiary/aromatic N) is 4. The molecule has 62 heavy (non-hydrogen) atoms. The molecule has 0 aliphatic heterocycles. The minimum absolute atomic E-state index is 0.0433. The molecule has 0 radical (unpaired) electrons. The van der Waals surface area contributed by atoms with E-state index < -0.39 is 43.0 Å². The zero-order chi connectivity index (χ0) is 45.2. The number of rotatable bonds is 25. The fraction of sp³-hybridized carbons (Fsp3) is 0.489. The maximum Gasteiger partial charge on any atom is 0.280 e. The Kier molecular flexibility index (Phi) is 20.4. The van der Waals surface area contributed by atoms with Crippen molar-refractivity contribution in [1.82, 2.24) is 20.2 Å². The average molecular weight is 879 g/mol. The molecule has 1 heterocycles. The molecule has 1 aromatic heterocycles. The van der Waals surface area contributed by atoms with E-state index in [1.54, 1.807) is 6.92 Å². The Morgan fingerprint density at radius 3 is 2.15 bits per heavy atom. The van der Waals surface area contributed by atoms with E-state index in [2.05, 4.69) is 61.7 Å². The Labute approximate surface area is 368 Å². The van der Waals surface area contributed by atoms with Gasteiger partial charge in [0.15, 0.2) is 22.6 Å². The topological polar surface area (TPSA) is 279 Å². The van der Waals surface area contributed by atoms with Gasteiger partial charge in [-0.15, -0.1) is 0 Å². The summed E-state index contributed by atoms with van der Waals surface area (Å²) < 4.78 is 0. The lowest BCUT2D eigenvalue weighted by Crippen LogP contribution is -2.50. The summed E-state index contributed by atoms with van der Waals surface area (Å²) in [5, 5.41) is 57.4. The van der Waals surface area contributed by atoms with Crippen molar-refractivity contribution in [2.45, 2.75) is 109 Å². The van der Waals surface area contributed by atoms with Crippen LogP contribution in [0.1, 0.15) is 84.7 Å². The van der Waals surface area contributed by atoms with Crippen LogP contribution in [0.4, 0.5) is 11.5 Å². The van der Waals surface area contributed by atoms with Crippen molar-refractivity contribution < 1.29 is 35.1 Å². The number of hydrogen-bond donors (Lipinski definition) is 10. The number of nitrogens with one attached hydrogen (secondary N) is 2. The van der Waals surface area contributed by atoms with Crippen molar-refractivity contribution in [1.29, 1.82) is 0 Å². The van der Waals surface area contributed by atoms with E-state index in [9.17, 15) is 30.0 Å². The Morgan fingerprint density at radius 2 is 1.45 bits per heavy atom. The van der Waals surface area contributed by atoms with Crippen LogP contribution in [0.15, 0.2) is 65.7 Å². The molecule has 5 atom stereocenters. The molecule has 338 valence electrons. The van der Waals surface area contributed by atoms with E-state index in [-0.39, 0.29) is 35.1 Å². The second-order valence-corrected chi connectivity index (χ2v) is 16.1. The van der Waals surface area contributed by atoms with Crippen molar-refractivity contribution in [2.24, 2.45) is 16.5 Å². The highest BCUT2D eigenvalue weighted by molar-refractivity contribution is 6.30. The molecule has 0 fully saturated rings. The fourth-order valence-corrected chi connectivity index (χ4v) is 7.13. The van der Waals surface area contributed by atoms with Gasteiger partial charge in [-0.25, -0.2) is 9.97 Å². The van der Waals surface area contributed by atoms with Crippen LogP contribution < -0.4 is 27.8 Å². The maximum atomic E-state index is 13.1. The number of aliphatic hydroxyl groups is 5. The van der Waals surface area contributed by atoms with Gasteiger partial charge in [-0.3, -0.25) is 19.9 Å². The minimum atomic E-state index is -1.65. The van der Waals surface area contributed by atoms with Crippen molar-refractivity contribution >= 4 is 51.7 Å². The monoisotopic (exact) mass is 877 g/mol. The van der Waals surface area contributed by atoms with Crippen LogP contribution in [0.3, 0.4) is 0 Å². The molecule has 0 bridgehead atoms. The summed E-state index contributed by atoms with van der Waals surface area (Å²) in [6, 6.07) is 19.2. The molecule has 2 amide bonds. The van der Waals surface area contributed by atoms with Crippen LogP contribution in [0.5, 0.6) is 0 Å². The number of anilines is 2. The van der Waals surface area contributed by atoms with E-state index in [1.165, 1.54) is 5.56 Å². The summed E-state index contributed by atoms with van der Waals surface area (Å²) in [4.78, 5) is 39.8. The second kappa shape index (κ2) is 25.4. The number of halogens is 1. The van der Waals surface area contributed by atoms with Crippen molar-refractivity contribution in [3.8, 4) is 0 Å². The Morgan fingerprint density at radius 1 is 0.823 bits per heavy atom. The predicted octanol–water partition coefficient (Wildman–Crippen LogP) is 3.00. The number of aryl methyl sites for hydroxylation is 3. The maximum absolute atomic E-state index is 13.1. The molecular formula is C45H64ClN9O7. The SMILES string of the molecule is CCCCCCN(CCCc1ccc(NC(=O)[C@@H](N)Cc2ccc3cc(CCCCN=C(N)NC(=O)c4nc(Cl)c(C)nc4N)ccc3c2)cc1)C[C@H](O)[C@@H](O)[C@H](O)[C@H](O)CO. The molecule has 16 nitrogen and oxygen atoms in total. The Balaban J connectivity index is 1.19. The first-order chi connectivity index (χ1) is 29.7. The van der Waals surface area contributed by atoms with Gasteiger partial charge >= 0.3 is 0 Å². The summed E-state index contributed by atoms with van der Waals surface area (Å²) in [6.07, 6.45) is 2.43. The number of aromatic nitrogens is 2.